The van der Waals surface area contributed by atoms with Crippen molar-refractivity contribution in [2.75, 3.05) is 26.3 Å². The molecule has 2 aromatic heterocycles. The summed E-state index contributed by atoms with van der Waals surface area (Å²) in [4.78, 5) is 31.3. The monoisotopic (exact) mass is 450 g/mol. The number of benzene rings is 1. The topological polar surface area (TPSA) is 102 Å². The number of hydrogen-bond donors (Lipinski definition) is 1. The Morgan fingerprint density at radius 1 is 1.18 bits per heavy atom. The SMILES string of the molecule is Cc1cc(=O)c(O)c(C(CC(=O)N2CCOCC2)c2cccc(OCc3ccccn3)c2)o1. The Morgan fingerprint density at radius 2 is 2.00 bits per heavy atom. The van der Waals surface area contributed by atoms with E-state index in [1.165, 1.54) is 6.07 Å². The van der Waals surface area contributed by atoms with Crippen molar-refractivity contribution in [1.29, 1.82) is 0 Å². The molecule has 0 bridgehead atoms. The fourth-order valence-electron chi connectivity index (χ4n) is 3.80. The highest BCUT2D eigenvalue weighted by Gasteiger charge is 2.28. The first-order valence-electron chi connectivity index (χ1n) is 10.8. The Morgan fingerprint density at radius 3 is 2.76 bits per heavy atom. The lowest BCUT2D eigenvalue weighted by Crippen LogP contribution is -2.41. The molecule has 8 heteroatoms. The standard InChI is InChI=1S/C25H26N2O6/c1-17-13-22(28)24(30)25(33-17)21(15-23(29)27-9-11-31-12-10-27)18-5-4-7-20(14-18)32-16-19-6-2-3-8-26-19/h2-8,13-14,21,30H,9-12,15-16H2,1H3. The lowest BCUT2D eigenvalue weighted by atomic mass is 9.91. The maximum atomic E-state index is 13.1. The van der Waals surface area contributed by atoms with Crippen LogP contribution in [0.15, 0.2) is 63.9 Å². The first-order chi connectivity index (χ1) is 16.0. The number of carbonyl (C=O) groups excluding carboxylic acids is 1. The average molecular weight is 450 g/mol. The number of morpholine rings is 1. The average Bonchev–Trinajstić information content (AvgIpc) is 2.85. The normalized spacial score (nSPS) is 14.6. The lowest BCUT2D eigenvalue weighted by Gasteiger charge is -2.28. The van der Waals surface area contributed by atoms with Crippen LogP contribution in [0.1, 0.15) is 35.1 Å². The second-order valence-electron chi connectivity index (χ2n) is 7.87. The van der Waals surface area contributed by atoms with Crippen molar-refractivity contribution in [3.63, 3.8) is 0 Å². The molecule has 0 spiro atoms. The summed E-state index contributed by atoms with van der Waals surface area (Å²) in [5.74, 6) is -0.239. The first kappa shape index (κ1) is 22.5. The maximum absolute atomic E-state index is 13.1. The minimum Gasteiger partial charge on any atom is -0.502 e. The summed E-state index contributed by atoms with van der Waals surface area (Å²) >= 11 is 0. The van der Waals surface area contributed by atoms with Crippen molar-refractivity contribution < 1.29 is 23.8 Å². The zero-order valence-electron chi connectivity index (χ0n) is 18.4. The molecule has 1 fully saturated rings. The van der Waals surface area contributed by atoms with E-state index in [-0.39, 0.29) is 24.7 Å². The molecule has 3 heterocycles. The Hall–Kier alpha value is -3.65. The van der Waals surface area contributed by atoms with Crippen LogP contribution >= 0.6 is 0 Å². The largest absolute Gasteiger partial charge is 0.502 e. The van der Waals surface area contributed by atoms with E-state index in [2.05, 4.69) is 4.98 Å². The lowest BCUT2D eigenvalue weighted by molar-refractivity contribution is -0.135. The number of pyridine rings is 1. The zero-order valence-corrected chi connectivity index (χ0v) is 18.4. The van der Waals surface area contributed by atoms with Gasteiger partial charge in [-0.1, -0.05) is 18.2 Å². The van der Waals surface area contributed by atoms with Gasteiger partial charge >= 0.3 is 0 Å². The quantitative estimate of drug-likeness (QED) is 0.590. The van der Waals surface area contributed by atoms with Crippen LogP contribution in [0, 0.1) is 6.92 Å². The van der Waals surface area contributed by atoms with Crippen molar-refractivity contribution in [3.8, 4) is 11.5 Å². The van der Waals surface area contributed by atoms with Crippen molar-refractivity contribution >= 4 is 5.91 Å². The van der Waals surface area contributed by atoms with Crippen LogP contribution in [-0.4, -0.2) is 47.2 Å². The van der Waals surface area contributed by atoms with E-state index in [0.29, 0.717) is 43.4 Å². The molecule has 8 nitrogen and oxygen atoms in total. The van der Waals surface area contributed by atoms with Crippen molar-refractivity contribution in [3.05, 3.63) is 87.7 Å². The van der Waals surface area contributed by atoms with Gasteiger partial charge in [0.1, 0.15) is 18.1 Å². The molecule has 1 N–H and O–H groups in total. The molecule has 1 aliphatic rings. The highest BCUT2D eigenvalue weighted by atomic mass is 16.5. The molecule has 1 atom stereocenters. The van der Waals surface area contributed by atoms with Gasteiger partial charge in [0, 0.05) is 31.8 Å². The van der Waals surface area contributed by atoms with E-state index in [0.717, 1.165) is 5.69 Å². The van der Waals surface area contributed by atoms with Crippen LogP contribution in [0.25, 0.3) is 0 Å². The fraction of sp³-hybridized carbons (Fsp3) is 0.320. The Bertz CT molecular complexity index is 1160. The van der Waals surface area contributed by atoms with Gasteiger partial charge in [-0.25, -0.2) is 0 Å². The molecular weight excluding hydrogens is 424 g/mol. The van der Waals surface area contributed by atoms with Gasteiger partial charge in [0.15, 0.2) is 5.76 Å². The summed E-state index contributed by atoms with van der Waals surface area (Å²) in [6.07, 6.45) is 1.73. The Balaban J connectivity index is 1.64. The van der Waals surface area contributed by atoms with Crippen LogP contribution in [0.2, 0.25) is 0 Å². The van der Waals surface area contributed by atoms with Gasteiger partial charge in [-0.3, -0.25) is 14.6 Å². The molecule has 1 amide bonds. The third-order valence-electron chi connectivity index (χ3n) is 5.50. The van der Waals surface area contributed by atoms with Gasteiger partial charge < -0.3 is 23.9 Å². The summed E-state index contributed by atoms with van der Waals surface area (Å²) in [5.41, 5.74) is 0.934. The molecule has 33 heavy (non-hydrogen) atoms. The number of aromatic hydroxyl groups is 1. The Labute approximate surface area is 191 Å². The molecule has 1 saturated heterocycles. The highest BCUT2D eigenvalue weighted by molar-refractivity contribution is 5.78. The number of nitrogens with zero attached hydrogens (tertiary/aromatic N) is 2. The predicted octanol–water partition coefficient (Wildman–Crippen LogP) is 3.01. The van der Waals surface area contributed by atoms with E-state index < -0.39 is 17.1 Å². The van der Waals surface area contributed by atoms with E-state index in [1.54, 1.807) is 36.2 Å². The molecular formula is C25H26N2O6. The van der Waals surface area contributed by atoms with Gasteiger partial charge in [-0.15, -0.1) is 0 Å². The molecule has 0 saturated carbocycles. The van der Waals surface area contributed by atoms with Gasteiger partial charge in [-0.05, 0) is 36.8 Å². The molecule has 0 aliphatic carbocycles. The number of rotatable bonds is 7. The van der Waals surface area contributed by atoms with Crippen LogP contribution in [0.4, 0.5) is 0 Å². The van der Waals surface area contributed by atoms with E-state index in [1.807, 2.05) is 24.3 Å². The highest BCUT2D eigenvalue weighted by Crippen LogP contribution is 2.35. The fourth-order valence-corrected chi connectivity index (χ4v) is 3.80. The van der Waals surface area contributed by atoms with Crippen LogP contribution < -0.4 is 10.2 Å². The van der Waals surface area contributed by atoms with Crippen molar-refractivity contribution in [2.24, 2.45) is 0 Å². The number of carbonyl (C=O) groups is 1. The van der Waals surface area contributed by atoms with Gasteiger partial charge in [0.25, 0.3) is 0 Å². The van der Waals surface area contributed by atoms with Crippen molar-refractivity contribution in [1.82, 2.24) is 9.88 Å². The molecule has 0 radical (unpaired) electrons. The maximum Gasteiger partial charge on any atom is 0.227 e. The summed E-state index contributed by atoms with van der Waals surface area (Å²) in [5, 5.41) is 10.5. The molecule has 172 valence electrons. The summed E-state index contributed by atoms with van der Waals surface area (Å²) < 4.78 is 17.0. The number of amides is 1. The number of hydrogen-bond acceptors (Lipinski definition) is 7. The molecule has 4 rings (SSSR count). The van der Waals surface area contributed by atoms with E-state index in [4.69, 9.17) is 13.9 Å². The molecule has 1 aromatic carbocycles. The van der Waals surface area contributed by atoms with Crippen LogP contribution in [-0.2, 0) is 16.1 Å². The van der Waals surface area contributed by atoms with Gasteiger partial charge in [0.05, 0.1) is 24.8 Å². The summed E-state index contributed by atoms with van der Waals surface area (Å²) in [6.45, 7) is 3.89. The molecule has 1 unspecified atom stereocenters. The second-order valence-corrected chi connectivity index (χ2v) is 7.87. The van der Waals surface area contributed by atoms with Gasteiger partial charge in [-0.2, -0.15) is 0 Å². The minimum atomic E-state index is -0.661. The third kappa shape index (κ3) is 5.59. The summed E-state index contributed by atoms with van der Waals surface area (Å²) in [6, 6.07) is 14.0. The zero-order chi connectivity index (χ0) is 23.2. The number of aryl methyl sites for hydroxylation is 1. The number of aromatic nitrogens is 1. The minimum absolute atomic E-state index is 0.0314. The first-order valence-corrected chi connectivity index (χ1v) is 10.8. The van der Waals surface area contributed by atoms with E-state index in [9.17, 15) is 14.7 Å². The third-order valence-corrected chi connectivity index (χ3v) is 5.50. The molecule has 3 aromatic rings. The second kappa shape index (κ2) is 10.3. The van der Waals surface area contributed by atoms with Crippen molar-refractivity contribution in [2.45, 2.75) is 25.9 Å². The van der Waals surface area contributed by atoms with Crippen LogP contribution in [0.3, 0.4) is 0 Å². The predicted molar refractivity (Wildman–Crippen MR) is 120 cm³/mol. The Kier molecular flexibility index (Phi) is 7.04. The van der Waals surface area contributed by atoms with Crippen LogP contribution in [0.5, 0.6) is 11.5 Å². The molecule has 1 aliphatic heterocycles. The summed E-state index contributed by atoms with van der Waals surface area (Å²) in [7, 11) is 0. The van der Waals surface area contributed by atoms with Gasteiger partial charge in [0.2, 0.25) is 17.1 Å². The van der Waals surface area contributed by atoms with E-state index >= 15 is 0 Å². The number of ether oxygens (including phenoxy) is 2. The smallest absolute Gasteiger partial charge is 0.227 e.